The second-order valence-corrected chi connectivity index (χ2v) is 7.54. The number of piperazine rings is 1. The zero-order valence-electron chi connectivity index (χ0n) is 14.5. The fourth-order valence-electron chi connectivity index (χ4n) is 3.71. The van der Waals surface area contributed by atoms with E-state index in [1.807, 2.05) is 19.1 Å². The zero-order valence-corrected chi connectivity index (χ0v) is 15.3. The van der Waals surface area contributed by atoms with Crippen molar-refractivity contribution >= 4 is 17.5 Å². The van der Waals surface area contributed by atoms with Crippen LogP contribution in [0.1, 0.15) is 38.2 Å². The molecule has 0 radical (unpaired) electrons. The van der Waals surface area contributed by atoms with E-state index >= 15 is 0 Å². The Bertz CT molecular complexity index is 534. The highest BCUT2D eigenvalue weighted by Gasteiger charge is 2.27. The van der Waals surface area contributed by atoms with E-state index < -0.39 is 0 Å². The molecular formula is C19H28ClN3O. The third kappa shape index (κ3) is 4.71. The zero-order chi connectivity index (χ0) is 16.9. The first-order valence-corrected chi connectivity index (χ1v) is 9.51. The number of nitrogens with zero attached hydrogens (tertiary/aromatic N) is 2. The summed E-state index contributed by atoms with van der Waals surface area (Å²) in [7, 11) is 0. The van der Waals surface area contributed by atoms with Crippen LogP contribution < -0.4 is 5.32 Å². The molecule has 4 nitrogen and oxygen atoms in total. The molecule has 1 aromatic rings. The van der Waals surface area contributed by atoms with Crippen molar-refractivity contribution in [1.82, 2.24) is 15.1 Å². The molecule has 1 saturated heterocycles. The monoisotopic (exact) mass is 349 g/mol. The number of hydrogen-bond acceptors (Lipinski definition) is 3. The van der Waals surface area contributed by atoms with Crippen LogP contribution >= 0.6 is 11.6 Å². The van der Waals surface area contributed by atoms with Gasteiger partial charge in [0, 0.05) is 43.8 Å². The van der Waals surface area contributed by atoms with Gasteiger partial charge in [-0.05, 0) is 37.5 Å². The Morgan fingerprint density at radius 3 is 2.42 bits per heavy atom. The Morgan fingerprint density at radius 2 is 1.79 bits per heavy atom. The molecule has 1 aromatic carbocycles. The molecule has 1 aliphatic carbocycles. The standard InChI is InChI=1S/C19H28ClN3O/c1-15(19(24)21-18-4-2-3-5-18)23-12-10-22(11-13-23)14-16-6-8-17(20)9-7-16/h6-9,15,18H,2-5,10-14H2,1H3,(H,21,24)/t15-/m0/s1. The van der Waals surface area contributed by atoms with Crippen molar-refractivity contribution in [3.8, 4) is 0 Å². The Hall–Kier alpha value is -1.10. The molecule has 24 heavy (non-hydrogen) atoms. The number of amides is 1. The molecule has 0 bridgehead atoms. The molecule has 132 valence electrons. The van der Waals surface area contributed by atoms with Crippen LogP contribution in [0.15, 0.2) is 24.3 Å². The summed E-state index contributed by atoms with van der Waals surface area (Å²) < 4.78 is 0. The lowest BCUT2D eigenvalue weighted by Gasteiger charge is -2.37. The van der Waals surface area contributed by atoms with E-state index in [4.69, 9.17) is 11.6 Å². The summed E-state index contributed by atoms with van der Waals surface area (Å²) in [5, 5.41) is 4.01. The molecule has 2 fully saturated rings. The van der Waals surface area contributed by atoms with Crippen LogP contribution in [-0.2, 0) is 11.3 Å². The van der Waals surface area contributed by atoms with Crippen LogP contribution in [0, 0.1) is 0 Å². The van der Waals surface area contributed by atoms with E-state index in [-0.39, 0.29) is 11.9 Å². The maximum Gasteiger partial charge on any atom is 0.237 e. The molecule has 2 aliphatic rings. The van der Waals surface area contributed by atoms with Crippen molar-refractivity contribution < 1.29 is 4.79 Å². The van der Waals surface area contributed by atoms with E-state index in [9.17, 15) is 4.79 Å². The summed E-state index contributed by atoms with van der Waals surface area (Å²) in [6.45, 7) is 6.90. The van der Waals surface area contributed by atoms with Crippen molar-refractivity contribution in [2.45, 2.75) is 51.2 Å². The molecule has 1 aliphatic heterocycles. The SMILES string of the molecule is C[C@@H](C(=O)NC1CCCC1)N1CCN(Cc2ccc(Cl)cc2)CC1. The summed E-state index contributed by atoms with van der Waals surface area (Å²) in [6.07, 6.45) is 4.80. The summed E-state index contributed by atoms with van der Waals surface area (Å²) in [4.78, 5) is 17.2. The van der Waals surface area contributed by atoms with Gasteiger partial charge in [0.15, 0.2) is 0 Å². The van der Waals surface area contributed by atoms with Gasteiger partial charge in [0.1, 0.15) is 0 Å². The fourth-order valence-corrected chi connectivity index (χ4v) is 3.84. The lowest BCUT2D eigenvalue weighted by atomic mass is 10.1. The number of nitrogens with one attached hydrogen (secondary N) is 1. The highest BCUT2D eigenvalue weighted by molar-refractivity contribution is 6.30. The van der Waals surface area contributed by atoms with Gasteiger partial charge in [0.05, 0.1) is 6.04 Å². The largest absolute Gasteiger partial charge is 0.352 e. The minimum atomic E-state index is -0.0247. The van der Waals surface area contributed by atoms with Crippen molar-refractivity contribution in [2.24, 2.45) is 0 Å². The van der Waals surface area contributed by atoms with Crippen LogP contribution in [0.4, 0.5) is 0 Å². The van der Waals surface area contributed by atoms with Gasteiger partial charge in [-0.2, -0.15) is 0 Å². The van der Waals surface area contributed by atoms with Gasteiger partial charge in [-0.15, -0.1) is 0 Å². The number of rotatable bonds is 5. The van der Waals surface area contributed by atoms with E-state index in [0.717, 1.165) is 50.6 Å². The molecule has 1 amide bonds. The Labute approximate surface area is 150 Å². The quantitative estimate of drug-likeness (QED) is 0.887. The highest BCUT2D eigenvalue weighted by atomic mass is 35.5. The van der Waals surface area contributed by atoms with Gasteiger partial charge in [-0.1, -0.05) is 36.6 Å². The highest BCUT2D eigenvalue weighted by Crippen LogP contribution is 2.18. The Balaban J connectivity index is 1.43. The van der Waals surface area contributed by atoms with E-state index in [1.54, 1.807) is 0 Å². The number of halogens is 1. The first-order chi connectivity index (χ1) is 11.6. The van der Waals surface area contributed by atoms with E-state index in [0.29, 0.717) is 6.04 Å². The second-order valence-electron chi connectivity index (χ2n) is 7.10. The molecule has 1 heterocycles. The summed E-state index contributed by atoms with van der Waals surface area (Å²) in [5.74, 6) is 0.202. The molecule has 0 aromatic heterocycles. The fraction of sp³-hybridized carbons (Fsp3) is 0.632. The number of carbonyl (C=O) groups is 1. The van der Waals surface area contributed by atoms with Crippen LogP contribution in [-0.4, -0.2) is 54.0 Å². The first kappa shape index (κ1) is 17.7. The smallest absolute Gasteiger partial charge is 0.237 e. The predicted molar refractivity (Wildman–Crippen MR) is 98.2 cm³/mol. The second kappa shape index (κ2) is 8.32. The lowest BCUT2D eigenvalue weighted by molar-refractivity contribution is -0.127. The van der Waals surface area contributed by atoms with Crippen LogP contribution in [0.3, 0.4) is 0 Å². The summed E-state index contributed by atoms with van der Waals surface area (Å²) in [6, 6.07) is 8.46. The molecule has 1 atom stereocenters. The van der Waals surface area contributed by atoms with Crippen molar-refractivity contribution in [3.63, 3.8) is 0 Å². The molecule has 5 heteroatoms. The third-order valence-electron chi connectivity index (χ3n) is 5.36. The van der Waals surface area contributed by atoms with Crippen LogP contribution in [0.5, 0.6) is 0 Å². The molecular weight excluding hydrogens is 322 g/mol. The minimum absolute atomic E-state index is 0.0247. The summed E-state index contributed by atoms with van der Waals surface area (Å²) in [5.41, 5.74) is 1.29. The van der Waals surface area contributed by atoms with Gasteiger partial charge in [0.25, 0.3) is 0 Å². The van der Waals surface area contributed by atoms with Crippen LogP contribution in [0.2, 0.25) is 5.02 Å². The predicted octanol–water partition coefficient (Wildman–Crippen LogP) is 2.90. The molecule has 1 saturated carbocycles. The van der Waals surface area contributed by atoms with Gasteiger partial charge in [0.2, 0.25) is 5.91 Å². The van der Waals surface area contributed by atoms with Gasteiger partial charge >= 0.3 is 0 Å². The van der Waals surface area contributed by atoms with Crippen molar-refractivity contribution in [1.29, 1.82) is 0 Å². The maximum absolute atomic E-state index is 12.4. The van der Waals surface area contributed by atoms with Gasteiger partial charge in [-0.25, -0.2) is 0 Å². The molecule has 1 N–H and O–H groups in total. The number of benzene rings is 1. The molecule has 0 unspecified atom stereocenters. The number of hydrogen-bond donors (Lipinski definition) is 1. The van der Waals surface area contributed by atoms with Crippen LogP contribution in [0.25, 0.3) is 0 Å². The summed E-state index contributed by atoms with van der Waals surface area (Å²) >= 11 is 5.94. The van der Waals surface area contributed by atoms with E-state index in [1.165, 1.54) is 18.4 Å². The van der Waals surface area contributed by atoms with Crippen molar-refractivity contribution in [3.05, 3.63) is 34.9 Å². The normalized spacial score (nSPS) is 21.8. The van der Waals surface area contributed by atoms with E-state index in [2.05, 4.69) is 27.2 Å². The Kier molecular flexibility index (Phi) is 6.14. The van der Waals surface area contributed by atoms with Gasteiger partial charge in [-0.3, -0.25) is 14.6 Å². The first-order valence-electron chi connectivity index (χ1n) is 9.13. The lowest BCUT2D eigenvalue weighted by Crippen LogP contribution is -2.54. The number of carbonyl (C=O) groups excluding carboxylic acids is 1. The third-order valence-corrected chi connectivity index (χ3v) is 5.61. The minimum Gasteiger partial charge on any atom is -0.352 e. The van der Waals surface area contributed by atoms with Gasteiger partial charge < -0.3 is 5.32 Å². The molecule has 0 spiro atoms. The average molecular weight is 350 g/mol. The topological polar surface area (TPSA) is 35.6 Å². The average Bonchev–Trinajstić information content (AvgIpc) is 3.10. The Morgan fingerprint density at radius 1 is 1.17 bits per heavy atom. The maximum atomic E-state index is 12.4. The molecule has 3 rings (SSSR count). The van der Waals surface area contributed by atoms with Crippen molar-refractivity contribution in [2.75, 3.05) is 26.2 Å².